The third-order valence-electron chi connectivity index (χ3n) is 4.84. The highest BCUT2D eigenvalue weighted by atomic mass is 35.5. The first-order chi connectivity index (χ1) is 11.5. The third kappa shape index (κ3) is 5.33. The van der Waals surface area contributed by atoms with Crippen molar-refractivity contribution in [3.8, 4) is 0 Å². The molecule has 0 bridgehead atoms. The number of aromatic nitrogens is 1. The van der Waals surface area contributed by atoms with Crippen LogP contribution < -0.4 is 11.1 Å². The molecular weight excluding hydrogens is 381 g/mol. The Bertz CT molecular complexity index is 611. The number of nitrogens with zero attached hydrogens (tertiary/aromatic N) is 3. The average Bonchev–Trinajstić information content (AvgIpc) is 3.17. The van der Waals surface area contributed by atoms with Gasteiger partial charge in [-0.2, -0.15) is 0 Å². The highest BCUT2D eigenvalue weighted by Crippen LogP contribution is 2.29. The molecule has 0 radical (unpaired) electrons. The molecule has 0 spiro atoms. The van der Waals surface area contributed by atoms with Crippen LogP contribution in [-0.4, -0.2) is 65.0 Å². The minimum absolute atomic E-state index is 0. The van der Waals surface area contributed by atoms with Gasteiger partial charge in [0.05, 0.1) is 12.1 Å². The van der Waals surface area contributed by atoms with Crippen LogP contribution >= 0.6 is 24.8 Å². The zero-order chi connectivity index (χ0) is 17.2. The summed E-state index contributed by atoms with van der Waals surface area (Å²) >= 11 is 0. The Morgan fingerprint density at radius 2 is 1.85 bits per heavy atom. The number of carbonyl (C=O) groups excluding carboxylic acids is 2. The SMILES string of the molecule is Cc1cc(NC(=O)CN2CCN(C(=O)C3(N)CCCC3)CC2)no1.Cl.Cl. The van der Waals surface area contributed by atoms with Gasteiger partial charge in [0, 0.05) is 32.2 Å². The van der Waals surface area contributed by atoms with E-state index in [-0.39, 0.29) is 43.2 Å². The molecule has 148 valence electrons. The molecule has 1 aromatic rings. The second-order valence-electron chi connectivity index (χ2n) is 6.80. The van der Waals surface area contributed by atoms with Crippen molar-refractivity contribution in [1.29, 1.82) is 0 Å². The lowest BCUT2D eigenvalue weighted by molar-refractivity contribution is -0.138. The van der Waals surface area contributed by atoms with Gasteiger partial charge in [0.25, 0.3) is 0 Å². The van der Waals surface area contributed by atoms with Gasteiger partial charge in [0.2, 0.25) is 11.8 Å². The molecule has 8 nitrogen and oxygen atoms in total. The zero-order valence-corrected chi connectivity index (χ0v) is 16.5. The Balaban J connectivity index is 0.00000169. The first-order valence-electron chi connectivity index (χ1n) is 8.50. The number of rotatable bonds is 4. The number of hydrogen-bond donors (Lipinski definition) is 2. The fourth-order valence-electron chi connectivity index (χ4n) is 3.45. The Kier molecular flexibility index (Phi) is 8.33. The predicted molar refractivity (Wildman–Crippen MR) is 103 cm³/mol. The van der Waals surface area contributed by atoms with Gasteiger partial charge in [-0.25, -0.2) is 0 Å². The summed E-state index contributed by atoms with van der Waals surface area (Å²) in [6.07, 6.45) is 3.63. The molecule has 3 rings (SSSR count). The topological polar surface area (TPSA) is 105 Å². The van der Waals surface area contributed by atoms with Gasteiger partial charge < -0.3 is 20.5 Å². The minimum atomic E-state index is -0.662. The number of anilines is 1. The number of halogens is 2. The molecule has 0 unspecified atom stereocenters. The van der Waals surface area contributed by atoms with Crippen LogP contribution in [0.4, 0.5) is 5.82 Å². The normalized spacial score (nSPS) is 19.4. The largest absolute Gasteiger partial charge is 0.360 e. The molecule has 0 atom stereocenters. The highest BCUT2D eigenvalue weighted by molar-refractivity contribution is 5.91. The molecule has 1 saturated carbocycles. The third-order valence-corrected chi connectivity index (χ3v) is 4.84. The highest BCUT2D eigenvalue weighted by Gasteiger charge is 2.40. The van der Waals surface area contributed by atoms with Gasteiger partial charge in [0.1, 0.15) is 5.76 Å². The molecule has 3 N–H and O–H groups in total. The van der Waals surface area contributed by atoms with E-state index < -0.39 is 5.54 Å². The van der Waals surface area contributed by atoms with Crippen LogP contribution in [0.5, 0.6) is 0 Å². The Labute approximate surface area is 165 Å². The molecule has 0 aromatic carbocycles. The van der Waals surface area contributed by atoms with Gasteiger partial charge in [-0.15, -0.1) is 24.8 Å². The van der Waals surface area contributed by atoms with Gasteiger partial charge in [-0.1, -0.05) is 18.0 Å². The van der Waals surface area contributed by atoms with E-state index in [9.17, 15) is 9.59 Å². The number of hydrogen-bond acceptors (Lipinski definition) is 6. The molecule has 26 heavy (non-hydrogen) atoms. The van der Waals surface area contributed by atoms with E-state index in [2.05, 4.69) is 10.5 Å². The minimum Gasteiger partial charge on any atom is -0.360 e. The van der Waals surface area contributed by atoms with Crippen LogP contribution in [0.2, 0.25) is 0 Å². The lowest BCUT2D eigenvalue weighted by atomic mass is 9.97. The van der Waals surface area contributed by atoms with Crippen molar-refractivity contribution in [2.24, 2.45) is 5.73 Å². The number of nitrogens with two attached hydrogens (primary N) is 1. The first-order valence-corrected chi connectivity index (χ1v) is 8.50. The van der Waals surface area contributed by atoms with Crippen LogP contribution in [0.3, 0.4) is 0 Å². The molecule has 1 aliphatic carbocycles. The van der Waals surface area contributed by atoms with Crippen LogP contribution in [0.25, 0.3) is 0 Å². The summed E-state index contributed by atoms with van der Waals surface area (Å²) < 4.78 is 4.92. The molecule has 10 heteroatoms. The lowest BCUT2D eigenvalue weighted by Gasteiger charge is -2.38. The van der Waals surface area contributed by atoms with Crippen molar-refractivity contribution in [2.75, 3.05) is 38.0 Å². The Morgan fingerprint density at radius 1 is 1.23 bits per heavy atom. The van der Waals surface area contributed by atoms with E-state index in [1.54, 1.807) is 13.0 Å². The van der Waals surface area contributed by atoms with E-state index in [0.29, 0.717) is 37.8 Å². The van der Waals surface area contributed by atoms with Crippen molar-refractivity contribution in [2.45, 2.75) is 38.1 Å². The van der Waals surface area contributed by atoms with Crippen molar-refractivity contribution in [1.82, 2.24) is 15.0 Å². The number of aryl methyl sites for hydroxylation is 1. The summed E-state index contributed by atoms with van der Waals surface area (Å²) in [6.45, 7) is 4.64. The lowest BCUT2D eigenvalue weighted by Crippen LogP contribution is -2.58. The molecule has 2 fully saturated rings. The van der Waals surface area contributed by atoms with Crippen LogP contribution in [0.1, 0.15) is 31.4 Å². The summed E-state index contributed by atoms with van der Waals surface area (Å²) in [7, 11) is 0. The number of amides is 2. The average molecular weight is 408 g/mol. The van der Waals surface area contributed by atoms with Crippen LogP contribution in [-0.2, 0) is 9.59 Å². The fraction of sp³-hybridized carbons (Fsp3) is 0.688. The molecule has 1 aliphatic heterocycles. The first kappa shape index (κ1) is 22.7. The molecule has 2 aliphatic rings. The van der Waals surface area contributed by atoms with Crippen molar-refractivity contribution in [3.05, 3.63) is 11.8 Å². The van der Waals surface area contributed by atoms with Gasteiger partial charge in [-0.3, -0.25) is 14.5 Å². The second kappa shape index (κ2) is 9.55. The van der Waals surface area contributed by atoms with Crippen molar-refractivity contribution >= 4 is 42.4 Å². The van der Waals surface area contributed by atoms with E-state index in [0.717, 1.165) is 25.7 Å². The fourth-order valence-corrected chi connectivity index (χ4v) is 3.45. The summed E-state index contributed by atoms with van der Waals surface area (Å²) in [5.41, 5.74) is 5.59. The zero-order valence-electron chi connectivity index (χ0n) is 14.9. The van der Waals surface area contributed by atoms with Crippen LogP contribution in [0.15, 0.2) is 10.6 Å². The number of nitrogens with one attached hydrogen (secondary N) is 1. The second-order valence-corrected chi connectivity index (χ2v) is 6.80. The van der Waals surface area contributed by atoms with Gasteiger partial charge >= 0.3 is 0 Å². The van der Waals surface area contributed by atoms with E-state index >= 15 is 0 Å². The quantitative estimate of drug-likeness (QED) is 0.776. The maximum absolute atomic E-state index is 12.6. The smallest absolute Gasteiger partial charge is 0.242 e. The molecule has 1 aromatic heterocycles. The van der Waals surface area contributed by atoms with Gasteiger partial charge in [-0.05, 0) is 19.8 Å². The van der Waals surface area contributed by atoms with Gasteiger partial charge in [0.15, 0.2) is 5.82 Å². The van der Waals surface area contributed by atoms with E-state index in [4.69, 9.17) is 10.3 Å². The summed E-state index contributed by atoms with van der Waals surface area (Å²) in [5, 5.41) is 6.45. The Hall–Kier alpha value is -1.35. The van der Waals surface area contributed by atoms with E-state index in [1.807, 2.05) is 9.80 Å². The summed E-state index contributed by atoms with van der Waals surface area (Å²) in [6, 6.07) is 1.68. The monoisotopic (exact) mass is 407 g/mol. The van der Waals surface area contributed by atoms with Crippen molar-refractivity contribution in [3.63, 3.8) is 0 Å². The molecule has 1 saturated heterocycles. The number of piperazine rings is 1. The predicted octanol–water partition coefficient (Wildman–Crippen LogP) is 1.18. The summed E-state index contributed by atoms with van der Waals surface area (Å²) in [5.74, 6) is 1.02. The standard InChI is InChI=1S/C16H25N5O3.2ClH/c1-12-10-13(19-24-12)18-14(22)11-20-6-8-21(9-7-20)15(23)16(17)4-2-3-5-16;;/h10H,2-9,11,17H2,1H3,(H,18,19,22);2*1H. The Morgan fingerprint density at radius 3 is 2.38 bits per heavy atom. The molecule has 2 amide bonds. The molecule has 2 heterocycles. The maximum atomic E-state index is 12.6. The summed E-state index contributed by atoms with van der Waals surface area (Å²) in [4.78, 5) is 28.5. The maximum Gasteiger partial charge on any atom is 0.242 e. The number of carbonyl (C=O) groups is 2. The molecular formula is C16H27Cl2N5O3. The van der Waals surface area contributed by atoms with E-state index in [1.165, 1.54) is 0 Å². The van der Waals surface area contributed by atoms with Crippen LogP contribution in [0, 0.1) is 6.92 Å². The van der Waals surface area contributed by atoms with Crippen molar-refractivity contribution < 1.29 is 14.1 Å².